The summed E-state index contributed by atoms with van der Waals surface area (Å²) in [5.74, 6) is 1.44. The van der Waals surface area contributed by atoms with Crippen molar-refractivity contribution in [3.05, 3.63) is 42.5 Å². The number of amides is 1. The summed E-state index contributed by atoms with van der Waals surface area (Å²) in [6.07, 6.45) is 6.14. The van der Waals surface area contributed by atoms with Gasteiger partial charge in [0.05, 0.1) is 36.7 Å². The largest absolute Gasteiger partial charge is 0.497 e. The molecule has 3 aromatic rings. The SMILES string of the molecule is COc1ccc(NC(=O)CSc2nc3ccccc3n2C2CCCCC2)c(OC)c1. The van der Waals surface area contributed by atoms with Gasteiger partial charge in [-0.3, -0.25) is 4.79 Å². The van der Waals surface area contributed by atoms with Gasteiger partial charge in [0.15, 0.2) is 5.16 Å². The maximum absolute atomic E-state index is 12.7. The van der Waals surface area contributed by atoms with E-state index >= 15 is 0 Å². The van der Waals surface area contributed by atoms with Gasteiger partial charge in [0.1, 0.15) is 11.5 Å². The Hall–Kier alpha value is -2.67. The number of rotatable bonds is 7. The van der Waals surface area contributed by atoms with Crippen molar-refractivity contribution in [1.29, 1.82) is 0 Å². The first-order valence-electron chi connectivity index (χ1n) is 10.3. The molecule has 0 atom stereocenters. The number of anilines is 1. The van der Waals surface area contributed by atoms with Crippen molar-refractivity contribution < 1.29 is 14.3 Å². The summed E-state index contributed by atoms with van der Waals surface area (Å²) in [7, 11) is 3.17. The van der Waals surface area contributed by atoms with Gasteiger partial charge in [-0.05, 0) is 37.1 Å². The highest BCUT2D eigenvalue weighted by Gasteiger charge is 2.22. The molecule has 7 heteroatoms. The molecule has 0 radical (unpaired) electrons. The molecule has 1 saturated carbocycles. The Bertz CT molecular complexity index is 1030. The molecule has 1 aliphatic rings. The number of ether oxygens (including phenoxy) is 2. The van der Waals surface area contributed by atoms with Gasteiger partial charge in [0, 0.05) is 12.1 Å². The van der Waals surface area contributed by atoms with Gasteiger partial charge >= 0.3 is 0 Å². The van der Waals surface area contributed by atoms with E-state index in [1.165, 1.54) is 43.9 Å². The zero-order chi connectivity index (χ0) is 20.9. The topological polar surface area (TPSA) is 65.4 Å². The molecular formula is C23H27N3O3S. The number of methoxy groups -OCH3 is 2. The summed E-state index contributed by atoms with van der Waals surface area (Å²) in [5.41, 5.74) is 2.77. The van der Waals surface area contributed by atoms with Crippen molar-refractivity contribution in [2.75, 3.05) is 25.3 Å². The molecule has 30 heavy (non-hydrogen) atoms. The number of nitrogens with one attached hydrogen (secondary N) is 1. The smallest absolute Gasteiger partial charge is 0.234 e. The number of hydrogen-bond donors (Lipinski definition) is 1. The number of benzene rings is 2. The first kappa shape index (κ1) is 20.6. The Morgan fingerprint density at radius 2 is 1.93 bits per heavy atom. The normalized spacial score (nSPS) is 14.6. The second-order valence-corrected chi connectivity index (χ2v) is 8.39. The van der Waals surface area contributed by atoms with Crippen molar-refractivity contribution in [2.24, 2.45) is 0 Å². The van der Waals surface area contributed by atoms with Crippen LogP contribution < -0.4 is 14.8 Å². The summed E-state index contributed by atoms with van der Waals surface area (Å²) < 4.78 is 12.9. The summed E-state index contributed by atoms with van der Waals surface area (Å²) in [6, 6.07) is 14.0. The van der Waals surface area contributed by atoms with Crippen LogP contribution in [0.5, 0.6) is 11.5 Å². The Morgan fingerprint density at radius 1 is 1.13 bits per heavy atom. The van der Waals surface area contributed by atoms with E-state index in [0.29, 0.717) is 23.2 Å². The van der Waals surface area contributed by atoms with Crippen molar-refractivity contribution in [1.82, 2.24) is 9.55 Å². The Labute approximate surface area is 181 Å². The number of fused-ring (bicyclic) bond motifs is 1. The third-order valence-electron chi connectivity index (χ3n) is 5.52. The minimum Gasteiger partial charge on any atom is -0.497 e. The van der Waals surface area contributed by atoms with Crippen molar-refractivity contribution in [3.8, 4) is 11.5 Å². The average molecular weight is 426 g/mol. The number of carbonyl (C=O) groups excluding carboxylic acids is 1. The third-order valence-corrected chi connectivity index (χ3v) is 6.47. The number of thioether (sulfide) groups is 1. The van der Waals surface area contributed by atoms with E-state index in [0.717, 1.165) is 16.2 Å². The van der Waals surface area contributed by atoms with Crippen molar-refractivity contribution in [3.63, 3.8) is 0 Å². The lowest BCUT2D eigenvalue weighted by Gasteiger charge is -2.25. The summed E-state index contributed by atoms with van der Waals surface area (Å²) in [5, 5.41) is 3.86. The lowest BCUT2D eigenvalue weighted by atomic mass is 9.95. The standard InChI is InChI=1S/C23H27N3O3S/c1-28-17-12-13-19(21(14-17)29-2)24-22(27)15-30-23-25-18-10-6-7-11-20(18)26(23)16-8-4-3-5-9-16/h6-7,10-14,16H,3-5,8-9,15H2,1-2H3,(H,24,27). The van der Waals surface area contributed by atoms with Crippen LogP contribution in [0, 0.1) is 0 Å². The van der Waals surface area contributed by atoms with Gasteiger partial charge in [0.2, 0.25) is 5.91 Å². The highest BCUT2D eigenvalue weighted by Crippen LogP contribution is 2.36. The molecular weight excluding hydrogens is 398 g/mol. The monoisotopic (exact) mass is 425 g/mol. The first-order chi connectivity index (χ1) is 14.7. The fourth-order valence-corrected chi connectivity index (χ4v) is 4.92. The zero-order valence-electron chi connectivity index (χ0n) is 17.4. The molecule has 2 aromatic carbocycles. The zero-order valence-corrected chi connectivity index (χ0v) is 18.2. The fourth-order valence-electron chi connectivity index (χ4n) is 4.03. The summed E-state index contributed by atoms with van der Waals surface area (Å²) >= 11 is 1.49. The first-order valence-corrected chi connectivity index (χ1v) is 11.3. The van der Waals surface area contributed by atoms with E-state index in [4.69, 9.17) is 14.5 Å². The molecule has 0 unspecified atom stereocenters. The quantitative estimate of drug-likeness (QED) is 0.521. The molecule has 0 spiro atoms. The van der Waals surface area contributed by atoms with Gasteiger partial charge in [-0.25, -0.2) is 4.98 Å². The van der Waals surface area contributed by atoms with Gasteiger partial charge in [0.25, 0.3) is 0 Å². The van der Waals surface area contributed by atoms with Crippen LogP contribution in [0.2, 0.25) is 0 Å². The predicted octanol–water partition coefficient (Wildman–Crippen LogP) is 5.29. The molecule has 0 saturated heterocycles. The van der Waals surface area contributed by atoms with E-state index in [1.807, 2.05) is 12.1 Å². The van der Waals surface area contributed by atoms with Crippen LogP contribution >= 0.6 is 11.8 Å². The molecule has 6 nitrogen and oxygen atoms in total. The predicted molar refractivity (Wildman–Crippen MR) is 121 cm³/mol. The molecule has 0 bridgehead atoms. The van der Waals surface area contributed by atoms with Gasteiger partial charge < -0.3 is 19.4 Å². The van der Waals surface area contributed by atoms with Gasteiger partial charge in [-0.2, -0.15) is 0 Å². The highest BCUT2D eigenvalue weighted by molar-refractivity contribution is 7.99. The van der Waals surface area contributed by atoms with E-state index in [2.05, 4.69) is 22.0 Å². The van der Waals surface area contributed by atoms with E-state index in [1.54, 1.807) is 32.4 Å². The maximum atomic E-state index is 12.7. The van der Waals surface area contributed by atoms with E-state index in [9.17, 15) is 4.79 Å². The molecule has 1 aliphatic carbocycles. The summed E-state index contributed by atoms with van der Waals surface area (Å²) in [4.78, 5) is 17.5. The van der Waals surface area contributed by atoms with Gasteiger partial charge in [-0.1, -0.05) is 43.2 Å². The maximum Gasteiger partial charge on any atom is 0.234 e. The Balaban J connectivity index is 1.50. The average Bonchev–Trinajstić information content (AvgIpc) is 3.17. The second-order valence-electron chi connectivity index (χ2n) is 7.45. The number of para-hydroxylation sites is 2. The van der Waals surface area contributed by atoms with Crippen LogP contribution in [0.1, 0.15) is 38.1 Å². The lowest BCUT2D eigenvalue weighted by Crippen LogP contribution is -2.17. The number of imidazole rings is 1. The molecule has 1 amide bonds. The van der Waals surface area contributed by atoms with E-state index < -0.39 is 0 Å². The van der Waals surface area contributed by atoms with Crippen LogP contribution in [0.4, 0.5) is 5.69 Å². The number of nitrogens with zero attached hydrogens (tertiary/aromatic N) is 2. The number of carbonyl (C=O) groups is 1. The fraction of sp³-hybridized carbons (Fsp3) is 0.391. The lowest BCUT2D eigenvalue weighted by molar-refractivity contribution is -0.113. The van der Waals surface area contributed by atoms with Crippen molar-refractivity contribution in [2.45, 2.75) is 43.3 Å². The molecule has 1 heterocycles. The minimum absolute atomic E-state index is 0.0919. The molecule has 0 aliphatic heterocycles. The van der Waals surface area contributed by atoms with E-state index in [-0.39, 0.29) is 11.7 Å². The van der Waals surface area contributed by atoms with Crippen LogP contribution in [-0.2, 0) is 4.79 Å². The van der Waals surface area contributed by atoms with Crippen molar-refractivity contribution >= 4 is 34.4 Å². The molecule has 1 fully saturated rings. The number of aromatic nitrogens is 2. The molecule has 1 N–H and O–H groups in total. The highest BCUT2D eigenvalue weighted by atomic mass is 32.2. The van der Waals surface area contributed by atoms with Gasteiger partial charge in [-0.15, -0.1) is 0 Å². The molecule has 4 rings (SSSR count). The molecule has 1 aromatic heterocycles. The minimum atomic E-state index is -0.0919. The second kappa shape index (κ2) is 9.43. The molecule has 158 valence electrons. The van der Waals surface area contributed by atoms with Crippen LogP contribution in [0.25, 0.3) is 11.0 Å². The summed E-state index contributed by atoms with van der Waals surface area (Å²) in [6.45, 7) is 0. The van der Waals surface area contributed by atoms with Crippen LogP contribution in [-0.4, -0.2) is 35.4 Å². The van der Waals surface area contributed by atoms with Crippen LogP contribution in [0.15, 0.2) is 47.6 Å². The number of hydrogen-bond acceptors (Lipinski definition) is 5. The third kappa shape index (κ3) is 4.41. The Kier molecular flexibility index (Phi) is 6.47. The Morgan fingerprint density at radius 3 is 2.70 bits per heavy atom. The van der Waals surface area contributed by atoms with Crippen LogP contribution in [0.3, 0.4) is 0 Å².